The van der Waals surface area contributed by atoms with Crippen LogP contribution in [0.1, 0.15) is 13.3 Å². The Bertz CT molecular complexity index is 448. The molecule has 0 saturated carbocycles. The van der Waals surface area contributed by atoms with Crippen molar-refractivity contribution in [3.8, 4) is 5.75 Å². The number of carbonyl (C=O) groups excluding carboxylic acids is 1. The van der Waals surface area contributed by atoms with Gasteiger partial charge in [0.1, 0.15) is 11.6 Å². The highest BCUT2D eigenvalue weighted by atomic mass is 35.5. The molecule has 0 radical (unpaired) electrons. The number of halogens is 1. The van der Waals surface area contributed by atoms with Gasteiger partial charge < -0.3 is 21.0 Å². The van der Waals surface area contributed by atoms with E-state index in [1.54, 1.807) is 31.2 Å². The fraction of sp³-hybridized carbons (Fsp3) is 0.333. The van der Waals surface area contributed by atoms with E-state index in [4.69, 9.17) is 27.3 Å². The van der Waals surface area contributed by atoms with Gasteiger partial charge in [0.2, 0.25) is 0 Å². The predicted octanol–water partition coefficient (Wildman–Crippen LogP) is 1.36. The molecule has 0 bridgehead atoms. The molecule has 1 aromatic carbocycles. The van der Waals surface area contributed by atoms with E-state index >= 15 is 0 Å². The van der Waals surface area contributed by atoms with Crippen LogP contribution in [-0.4, -0.2) is 29.6 Å². The minimum absolute atomic E-state index is 0.0615. The molecule has 0 fully saturated rings. The second-order valence-electron chi connectivity index (χ2n) is 4.01. The predicted molar refractivity (Wildman–Crippen MR) is 72.6 cm³/mol. The normalized spacial score (nSPS) is 12.8. The second-order valence-corrected chi connectivity index (χ2v) is 4.44. The van der Waals surface area contributed by atoms with Crippen LogP contribution in [0.4, 0.5) is 0 Å². The largest absolute Gasteiger partial charge is 0.484 e. The highest BCUT2D eigenvalue weighted by molar-refractivity contribution is 6.30. The Kier molecular flexibility index (Phi) is 5.95. The number of amides is 1. The van der Waals surface area contributed by atoms with Crippen LogP contribution in [0, 0.1) is 0 Å². The van der Waals surface area contributed by atoms with Crippen LogP contribution in [0.5, 0.6) is 5.75 Å². The van der Waals surface area contributed by atoms with Crippen molar-refractivity contribution in [2.45, 2.75) is 19.4 Å². The van der Waals surface area contributed by atoms with Gasteiger partial charge in [0.15, 0.2) is 6.61 Å². The average Bonchev–Trinajstić information content (AvgIpc) is 2.37. The molecule has 1 unspecified atom stereocenters. The molecular weight excluding hydrogens is 270 g/mol. The van der Waals surface area contributed by atoms with E-state index in [0.717, 1.165) is 0 Å². The van der Waals surface area contributed by atoms with Crippen LogP contribution < -0.4 is 15.8 Å². The van der Waals surface area contributed by atoms with Crippen molar-refractivity contribution in [3.05, 3.63) is 29.3 Å². The van der Waals surface area contributed by atoms with Crippen LogP contribution in [0.2, 0.25) is 5.02 Å². The molecule has 4 N–H and O–H groups in total. The maximum atomic E-state index is 11.6. The molecule has 19 heavy (non-hydrogen) atoms. The summed E-state index contributed by atoms with van der Waals surface area (Å²) in [6, 6.07) is 6.47. The number of hydrogen-bond acceptors (Lipinski definition) is 4. The standard InChI is InChI=1S/C12H16ClN3O3/c1-8(6-11(14)16-18)15-12(17)7-19-10-4-2-9(13)3-5-10/h2-5,8,18H,6-7H2,1H3,(H2,14,16)(H,15,17). The summed E-state index contributed by atoms with van der Waals surface area (Å²) in [6.45, 7) is 1.64. The topological polar surface area (TPSA) is 96.9 Å². The molecule has 0 aliphatic heterocycles. The molecule has 0 spiro atoms. The van der Waals surface area contributed by atoms with E-state index in [1.807, 2.05) is 0 Å². The third kappa shape index (κ3) is 5.96. The highest BCUT2D eigenvalue weighted by Gasteiger charge is 2.09. The van der Waals surface area contributed by atoms with Gasteiger partial charge in [-0.25, -0.2) is 0 Å². The zero-order valence-electron chi connectivity index (χ0n) is 10.5. The fourth-order valence-corrected chi connectivity index (χ4v) is 1.53. The molecule has 0 aromatic heterocycles. The number of carbonyl (C=O) groups is 1. The van der Waals surface area contributed by atoms with Crippen LogP contribution >= 0.6 is 11.6 Å². The lowest BCUT2D eigenvalue weighted by molar-refractivity contribution is -0.123. The number of benzene rings is 1. The SMILES string of the molecule is CC(CC(N)=NO)NC(=O)COc1ccc(Cl)cc1. The van der Waals surface area contributed by atoms with Crippen molar-refractivity contribution in [2.75, 3.05) is 6.61 Å². The van der Waals surface area contributed by atoms with Gasteiger partial charge in [0.05, 0.1) is 0 Å². The number of nitrogens with two attached hydrogens (primary N) is 1. The van der Waals surface area contributed by atoms with Gasteiger partial charge in [0, 0.05) is 17.5 Å². The zero-order chi connectivity index (χ0) is 14.3. The van der Waals surface area contributed by atoms with Gasteiger partial charge in [-0.05, 0) is 31.2 Å². The Hall–Kier alpha value is -1.95. The lowest BCUT2D eigenvalue weighted by atomic mass is 10.2. The van der Waals surface area contributed by atoms with E-state index in [-0.39, 0.29) is 30.8 Å². The molecule has 0 saturated heterocycles. The Morgan fingerprint density at radius 1 is 1.53 bits per heavy atom. The first-order valence-electron chi connectivity index (χ1n) is 5.65. The van der Waals surface area contributed by atoms with Gasteiger partial charge in [-0.1, -0.05) is 16.8 Å². The monoisotopic (exact) mass is 285 g/mol. The Morgan fingerprint density at radius 3 is 2.74 bits per heavy atom. The van der Waals surface area contributed by atoms with E-state index in [1.165, 1.54) is 0 Å². The summed E-state index contributed by atoms with van der Waals surface area (Å²) < 4.78 is 5.27. The molecule has 104 valence electrons. The number of oxime groups is 1. The first-order valence-corrected chi connectivity index (χ1v) is 6.03. The first-order chi connectivity index (χ1) is 9.01. The number of nitrogens with one attached hydrogen (secondary N) is 1. The van der Waals surface area contributed by atoms with Crippen LogP contribution in [0.15, 0.2) is 29.4 Å². The van der Waals surface area contributed by atoms with Crippen molar-refractivity contribution in [2.24, 2.45) is 10.9 Å². The molecule has 6 nitrogen and oxygen atoms in total. The summed E-state index contributed by atoms with van der Waals surface area (Å²) in [5.41, 5.74) is 5.33. The number of nitrogens with zero attached hydrogens (tertiary/aromatic N) is 1. The molecule has 0 heterocycles. The van der Waals surface area contributed by atoms with Crippen molar-refractivity contribution in [1.82, 2.24) is 5.32 Å². The van der Waals surface area contributed by atoms with Crippen molar-refractivity contribution >= 4 is 23.3 Å². The van der Waals surface area contributed by atoms with Crippen LogP contribution in [0.25, 0.3) is 0 Å². The maximum absolute atomic E-state index is 11.6. The molecule has 0 aliphatic carbocycles. The summed E-state index contributed by atoms with van der Waals surface area (Å²) >= 11 is 5.73. The third-order valence-corrected chi connectivity index (χ3v) is 2.49. The van der Waals surface area contributed by atoms with Crippen LogP contribution in [-0.2, 0) is 4.79 Å². The van der Waals surface area contributed by atoms with E-state index in [9.17, 15) is 4.79 Å². The molecule has 1 amide bonds. The fourth-order valence-electron chi connectivity index (χ4n) is 1.40. The molecule has 0 aliphatic rings. The van der Waals surface area contributed by atoms with E-state index < -0.39 is 0 Å². The number of amidine groups is 1. The summed E-state index contributed by atoms with van der Waals surface area (Å²) in [5.74, 6) is 0.336. The molecule has 7 heteroatoms. The average molecular weight is 286 g/mol. The zero-order valence-corrected chi connectivity index (χ0v) is 11.2. The molecular formula is C12H16ClN3O3. The van der Waals surface area contributed by atoms with Crippen molar-refractivity contribution in [3.63, 3.8) is 0 Å². The number of hydrogen-bond donors (Lipinski definition) is 3. The lowest BCUT2D eigenvalue weighted by Crippen LogP contribution is -2.38. The second kappa shape index (κ2) is 7.48. The van der Waals surface area contributed by atoms with E-state index in [2.05, 4.69) is 10.5 Å². The summed E-state index contributed by atoms with van der Waals surface area (Å²) in [7, 11) is 0. The van der Waals surface area contributed by atoms with E-state index in [0.29, 0.717) is 10.8 Å². The Balaban J connectivity index is 2.33. The van der Waals surface area contributed by atoms with Gasteiger partial charge in [0.25, 0.3) is 5.91 Å². The van der Waals surface area contributed by atoms with Crippen molar-refractivity contribution in [1.29, 1.82) is 0 Å². The number of rotatable bonds is 6. The Labute approximate surface area is 116 Å². The summed E-state index contributed by atoms with van der Waals surface area (Å²) in [6.07, 6.45) is 0.267. The molecule has 1 aromatic rings. The summed E-state index contributed by atoms with van der Waals surface area (Å²) in [5, 5.41) is 14.5. The third-order valence-electron chi connectivity index (χ3n) is 2.23. The number of ether oxygens (including phenoxy) is 1. The molecule has 1 atom stereocenters. The van der Waals surface area contributed by atoms with Crippen LogP contribution in [0.3, 0.4) is 0 Å². The summed E-state index contributed by atoms with van der Waals surface area (Å²) in [4.78, 5) is 11.6. The maximum Gasteiger partial charge on any atom is 0.258 e. The van der Waals surface area contributed by atoms with Gasteiger partial charge in [-0.2, -0.15) is 0 Å². The van der Waals surface area contributed by atoms with Gasteiger partial charge in [-0.15, -0.1) is 0 Å². The minimum atomic E-state index is -0.284. The highest BCUT2D eigenvalue weighted by Crippen LogP contribution is 2.15. The molecule has 1 rings (SSSR count). The van der Waals surface area contributed by atoms with Crippen molar-refractivity contribution < 1.29 is 14.7 Å². The van der Waals surface area contributed by atoms with Gasteiger partial charge in [-0.3, -0.25) is 4.79 Å². The lowest BCUT2D eigenvalue weighted by Gasteiger charge is -2.13. The first kappa shape index (κ1) is 15.1. The quantitative estimate of drug-likeness (QED) is 0.318. The van der Waals surface area contributed by atoms with Gasteiger partial charge >= 0.3 is 0 Å². The smallest absolute Gasteiger partial charge is 0.258 e. The minimum Gasteiger partial charge on any atom is -0.484 e. The Morgan fingerprint density at radius 2 is 2.16 bits per heavy atom.